The van der Waals surface area contributed by atoms with Gasteiger partial charge in [-0.05, 0) is 70.0 Å². The fraction of sp³-hybridized carbons (Fsp3) is 0.350. The Morgan fingerprint density at radius 1 is 1.00 bits per heavy atom. The Hall–Kier alpha value is -2.69. The van der Waals surface area contributed by atoms with Crippen LogP contribution in [-0.4, -0.2) is 22.5 Å². The quantitative estimate of drug-likeness (QED) is 0.576. The van der Waals surface area contributed by atoms with Crippen LogP contribution in [0.2, 0.25) is 0 Å². The summed E-state index contributed by atoms with van der Waals surface area (Å²) < 4.78 is 1.99. The Morgan fingerprint density at radius 3 is 2.44 bits per heavy atom. The summed E-state index contributed by atoms with van der Waals surface area (Å²) in [5.41, 5.74) is 6.18. The summed E-state index contributed by atoms with van der Waals surface area (Å²) >= 11 is 0. The Bertz CT molecular complexity index is 919. The van der Waals surface area contributed by atoms with Crippen LogP contribution in [-0.2, 0) is 0 Å². The first-order valence-corrected chi connectivity index (χ1v) is 8.76. The van der Waals surface area contributed by atoms with Crippen LogP contribution in [0.3, 0.4) is 0 Å². The van der Waals surface area contributed by atoms with Crippen molar-refractivity contribution in [3.8, 4) is 0 Å². The standard InChI is InChI=1S/C20H25N5/c1-6-24(7-2)17-9-10-18(15(4)12-17)22-23-20-16(5)21-19-11-8-14(3)13-25(19)20/h8-13H,6-7H2,1-5H3. The normalized spacial score (nSPS) is 11.6. The number of azo groups is 1. The highest BCUT2D eigenvalue weighted by molar-refractivity contribution is 5.58. The molecule has 0 atom stereocenters. The molecular formula is C20H25N5. The zero-order valence-corrected chi connectivity index (χ0v) is 15.6. The van der Waals surface area contributed by atoms with Crippen LogP contribution in [0.5, 0.6) is 0 Å². The summed E-state index contributed by atoms with van der Waals surface area (Å²) in [5.74, 6) is 0.783. The maximum Gasteiger partial charge on any atom is 0.182 e. The zero-order chi connectivity index (χ0) is 18.0. The minimum atomic E-state index is 0.783. The minimum absolute atomic E-state index is 0.783. The first kappa shape index (κ1) is 17.1. The Labute approximate surface area is 149 Å². The second-order valence-corrected chi connectivity index (χ2v) is 6.30. The molecule has 25 heavy (non-hydrogen) atoms. The molecule has 2 aromatic heterocycles. The van der Waals surface area contributed by atoms with Crippen molar-refractivity contribution in [3.05, 3.63) is 53.3 Å². The molecule has 3 rings (SSSR count). The number of nitrogens with zero attached hydrogens (tertiary/aromatic N) is 5. The van der Waals surface area contributed by atoms with E-state index < -0.39 is 0 Å². The smallest absolute Gasteiger partial charge is 0.182 e. The minimum Gasteiger partial charge on any atom is -0.372 e. The topological polar surface area (TPSA) is 45.3 Å². The molecule has 5 heteroatoms. The molecular weight excluding hydrogens is 310 g/mol. The van der Waals surface area contributed by atoms with Gasteiger partial charge >= 0.3 is 0 Å². The monoisotopic (exact) mass is 335 g/mol. The van der Waals surface area contributed by atoms with E-state index in [2.05, 4.69) is 66.0 Å². The van der Waals surface area contributed by atoms with Crippen molar-refractivity contribution < 1.29 is 0 Å². The molecule has 0 spiro atoms. The molecule has 0 fully saturated rings. The van der Waals surface area contributed by atoms with Crippen LogP contribution < -0.4 is 4.90 Å². The molecule has 0 amide bonds. The number of benzene rings is 1. The number of imidazole rings is 1. The average molecular weight is 335 g/mol. The van der Waals surface area contributed by atoms with Crippen LogP contribution in [0.15, 0.2) is 46.8 Å². The SMILES string of the molecule is CCN(CC)c1ccc(N=Nc2c(C)nc3ccc(C)cn23)c(C)c1. The summed E-state index contributed by atoms with van der Waals surface area (Å²) in [6.45, 7) is 12.4. The molecule has 0 saturated heterocycles. The lowest BCUT2D eigenvalue weighted by Gasteiger charge is -2.21. The molecule has 0 bridgehead atoms. The molecule has 5 nitrogen and oxygen atoms in total. The van der Waals surface area contributed by atoms with Gasteiger partial charge in [0.1, 0.15) is 5.65 Å². The molecule has 0 saturated carbocycles. The second-order valence-electron chi connectivity index (χ2n) is 6.30. The van der Waals surface area contributed by atoms with Crippen LogP contribution in [0.4, 0.5) is 17.2 Å². The van der Waals surface area contributed by atoms with Gasteiger partial charge in [-0.1, -0.05) is 6.07 Å². The summed E-state index contributed by atoms with van der Waals surface area (Å²) in [6, 6.07) is 10.4. The van der Waals surface area contributed by atoms with Crippen LogP contribution in [0.1, 0.15) is 30.7 Å². The van der Waals surface area contributed by atoms with Gasteiger partial charge in [0.05, 0.1) is 11.4 Å². The van der Waals surface area contributed by atoms with Crippen molar-refractivity contribution >= 4 is 22.8 Å². The van der Waals surface area contributed by atoms with Crippen molar-refractivity contribution in [1.82, 2.24) is 9.38 Å². The van der Waals surface area contributed by atoms with Gasteiger partial charge in [-0.2, -0.15) is 0 Å². The first-order chi connectivity index (χ1) is 12.0. The van der Waals surface area contributed by atoms with Crippen molar-refractivity contribution in [2.24, 2.45) is 10.2 Å². The summed E-state index contributed by atoms with van der Waals surface area (Å²) in [7, 11) is 0. The van der Waals surface area contributed by atoms with E-state index in [1.807, 2.05) is 29.7 Å². The van der Waals surface area contributed by atoms with E-state index in [9.17, 15) is 0 Å². The Balaban J connectivity index is 1.95. The van der Waals surface area contributed by atoms with Gasteiger partial charge in [0.25, 0.3) is 0 Å². The zero-order valence-electron chi connectivity index (χ0n) is 15.6. The molecule has 3 aromatic rings. The molecule has 0 aliphatic carbocycles. The number of fused-ring (bicyclic) bond motifs is 1. The number of hydrogen-bond donors (Lipinski definition) is 0. The fourth-order valence-electron chi connectivity index (χ4n) is 3.02. The third-order valence-corrected chi connectivity index (χ3v) is 4.47. The summed E-state index contributed by atoms with van der Waals surface area (Å²) in [4.78, 5) is 6.88. The summed E-state index contributed by atoms with van der Waals surface area (Å²) in [6.07, 6.45) is 2.04. The van der Waals surface area contributed by atoms with Gasteiger partial charge in [-0.25, -0.2) is 4.98 Å². The van der Waals surface area contributed by atoms with E-state index in [0.29, 0.717) is 0 Å². The van der Waals surface area contributed by atoms with Gasteiger partial charge in [0.2, 0.25) is 0 Å². The number of aromatic nitrogens is 2. The number of pyridine rings is 1. The lowest BCUT2D eigenvalue weighted by atomic mass is 10.1. The van der Waals surface area contributed by atoms with Crippen molar-refractivity contribution in [2.75, 3.05) is 18.0 Å². The Kier molecular flexibility index (Phi) is 4.83. The van der Waals surface area contributed by atoms with Gasteiger partial charge < -0.3 is 4.90 Å². The van der Waals surface area contributed by atoms with Crippen LogP contribution in [0, 0.1) is 20.8 Å². The predicted molar refractivity (Wildman–Crippen MR) is 104 cm³/mol. The van der Waals surface area contributed by atoms with Gasteiger partial charge in [-0.3, -0.25) is 4.40 Å². The average Bonchev–Trinajstić information content (AvgIpc) is 2.90. The largest absolute Gasteiger partial charge is 0.372 e. The first-order valence-electron chi connectivity index (χ1n) is 8.76. The van der Waals surface area contributed by atoms with Gasteiger partial charge in [-0.15, -0.1) is 10.2 Å². The second kappa shape index (κ2) is 7.05. The molecule has 1 aromatic carbocycles. The maximum atomic E-state index is 4.55. The van der Waals surface area contributed by atoms with Crippen LogP contribution in [0.25, 0.3) is 5.65 Å². The molecule has 2 heterocycles. The van der Waals surface area contributed by atoms with E-state index in [1.165, 1.54) is 11.3 Å². The van der Waals surface area contributed by atoms with Crippen molar-refractivity contribution in [3.63, 3.8) is 0 Å². The van der Waals surface area contributed by atoms with Crippen LogP contribution >= 0.6 is 0 Å². The molecule has 0 radical (unpaired) electrons. The van der Waals surface area contributed by atoms with E-state index in [1.54, 1.807) is 0 Å². The van der Waals surface area contributed by atoms with E-state index in [-0.39, 0.29) is 0 Å². The lowest BCUT2D eigenvalue weighted by molar-refractivity contribution is 0.865. The number of hydrogen-bond acceptors (Lipinski definition) is 4. The van der Waals surface area contributed by atoms with Crippen molar-refractivity contribution in [2.45, 2.75) is 34.6 Å². The maximum absolute atomic E-state index is 4.55. The van der Waals surface area contributed by atoms with E-state index >= 15 is 0 Å². The van der Waals surface area contributed by atoms with Gasteiger partial charge in [0.15, 0.2) is 5.82 Å². The summed E-state index contributed by atoms with van der Waals surface area (Å²) in [5, 5.41) is 8.98. The van der Waals surface area contributed by atoms with E-state index in [0.717, 1.165) is 41.5 Å². The highest BCUT2D eigenvalue weighted by atomic mass is 15.2. The molecule has 130 valence electrons. The fourth-order valence-corrected chi connectivity index (χ4v) is 3.02. The van der Waals surface area contributed by atoms with Crippen molar-refractivity contribution in [1.29, 1.82) is 0 Å². The molecule has 0 aliphatic rings. The third kappa shape index (κ3) is 3.40. The number of anilines is 1. The van der Waals surface area contributed by atoms with Gasteiger partial charge in [0, 0.05) is 25.0 Å². The predicted octanol–water partition coefficient (Wildman–Crippen LogP) is 5.52. The number of rotatable bonds is 5. The van der Waals surface area contributed by atoms with E-state index in [4.69, 9.17) is 0 Å². The third-order valence-electron chi connectivity index (χ3n) is 4.47. The molecule has 0 aliphatic heterocycles. The lowest BCUT2D eigenvalue weighted by Crippen LogP contribution is -2.21. The Morgan fingerprint density at radius 2 is 1.76 bits per heavy atom. The highest BCUT2D eigenvalue weighted by Gasteiger charge is 2.09. The number of aryl methyl sites for hydroxylation is 3. The highest BCUT2D eigenvalue weighted by Crippen LogP contribution is 2.28. The molecule has 0 unspecified atom stereocenters. The molecule has 0 N–H and O–H groups in total.